The Morgan fingerprint density at radius 3 is 2.79 bits per heavy atom. The zero-order valence-corrected chi connectivity index (χ0v) is 8.14. The Morgan fingerprint density at radius 1 is 1.57 bits per heavy atom. The quantitative estimate of drug-likeness (QED) is 0.709. The first kappa shape index (κ1) is 10.7. The Labute approximate surface area is 83.1 Å². The smallest absolute Gasteiger partial charge is 0.323 e. The van der Waals surface area contributed by atoms with Crippen molar-refractivity contribution in [2.24, 2.45) is 5.73 Å². The highest BCUT2D eigenvalue weighted by atomic mass is 16.5. The third-order valence-electron chi connectivity index (χ3n) is 1.79. The van der Waals surface area contributed by atoms with E-state index in [1.54, 1.807) is 19.3 Å². The second-order valence-corrected chi connectivity index (χ2v) is 2.92. The minimum atomic E-state index is -0.586. The molecule has 0 aliphatic heterocycles. The van der Waals surface area contributed by atoms with Crippen molar-refractivity contribution < 1.29 is 9.53 Å². The molecule has 0 radical (unpaired) electrons. The molecule has 0 aliphatic rings. The van der Waals surface area contributed by atoms with Gasteiger partial charge < -0.3 is 10.5 Å². The maximum atomic E-state index is 11.2. The number of carbonyl (C=O) groups excluding carboxylic acids is 1. The highest BCUT2D eigenvalue weighted by Crippen LogP contribution is 2.01. The first-order valence-corrected chi connectivity index (χ1v) is 4.55. The molecule has 14 heavy (non-hydrogen) atoms. The van der Waals surface area contributed by atoms with Gasteiger partial charge in [0.05, 0.1) is 6.61 Å². The molecule has 1 atom stereocenters. The van der Waals surface area contributed by atoms with E-state index in [-0.39, 0.29) is 5.97 Å². The van der Waals surface area contributed by atoms with Crippen LogP contribution in [0.3, 0.4) is 0 Å². The lowest BCUT2D eigenvalue weighted by Gasteiger charge is -2.09. The van der Waals surface area contributed by atoms with Gasteiger partial charge >= 0.3 is 5.97 Å². The fourth-order valence-corrected chi connectivity index (χ4v) is 1.11. The van der Waals surface area contributed by atoms with Crippen LogP contribution in [0.2, 0.25) is 0 Å². The molecule has 1 aromatic heterocycles. The molecule has 0 saturated heterocycles. The van der Waals surface area contributed by atoms with Crippen molar-refractivity contribution in [3.8, 4) is 0 Å². The van der Waals surface area contributed by atoms with Crippen LogP contribution in [0.5, 0.6) is 0 Å². The van der Waals surface area contributed by atoms with E-state index in [0.29, 0.717) is 13.0 Å². The molecule has 0 aliphatic carbocycles. The van der Waals surface area contributed by atoms with Crippen LogP contribution in [-0.2, 0) is 16.0 Å². The number of ether oxygens (including phenoxy) is 1. The fourth-order valence-electron chi connectivity index (χ4n) is 1.11. The number of carbonyl (C=O) groups is 1. The molecule has 2 N–H and O–H groups in total. The van der Waals surface area contributed by atoms with Gasteiger partial charge in [0, 0.05) is 12.4 Å². The van der Waals surface area contributed by atoms with Crippen molar-refractivity contribution in [2.45, 2.75) is 19.4 Å². The Morgan fingerprint density at radius 2 is 2.21 bits per heavy atom. The van der Waals surface area contributed by atoms with E-state index >= 15 is 0 Å². The number of esters is 1. The summed E-state index contributed by atoms with van der Waals surface area (Å²) in [6.07, 6.45) is 3.84. The third kappa shape index (κ3) is 3.14. The lowest BCUT2D eigenvalue weighted by Crippen LogP contribution is -2.34. The minimum absolute atomic E-state index is 0.357. The first-order chi connectivity index (χ1) is 6.74. The van der Waals surface area contributed by atoms with Crippen molar-refractivity contribution in [2.75, 3.05) is 6.61 Å². The van der Waals surface area contributed by atoms with E-state index in [1.165, 1.54) is 0 Å². The average Bonchev–Trinajstić information content (AvgIpc) is 2.19. The van der Waals surface area contributed by atoms with E-state index < -0.39 is 6.04 Å². The molecule has 4 nitrogen and oxygen atoms in total. The number of nitrogens with zero attached hydrogens (tertiary/aromatic N) is 1. The van der Waals surface area contributed by atoms with Crippen molar-refractivity contribution in [1.29, 1.82) is 0 Å². The zero-order valence-electron chi connectivity index (χ0n) is 8.14. The SMILES string of the molecule is CCOC(=O)[C@@H](N)Cc1ccncc1. The van der Waals surface area contributed by atoms with Gasteiger partial charge in [0.1, 0.15) is 6.04 Å². The van der Waals surface area contributed by atoms with Gasteiger partial charge in [-0.1, -0.05) is 0 Å². The molecule has 1 rings (SSSR count). The molecular formula is C10H14N2O2. The van der Waals surface area contributed by atoms with Gasteiger partial charge in [0.15, 0.2) is 0 Å². The lowest BCUT2D eigenvalue weighted by atomic mass is 10.1. The summed E-state index contributed by atoms with van der Waals surface area (Å²) >= 11 is 0. The maximum absolute atomic E-state index is 11.2. The summed E-state index contributed by atoms with van der Waals surface area (Å²) in [4.78, 5) is 15.1. The second kappa shape index (κ2) is 5.34. The predicted octanol–water partition coefficient (Wildman–Crippen LogP) is 0.514. The third-order valence-corrected chi connectivity index (χ3v) is 1.79. The van der Waals surface area contributed by atoms with Crippen LogP contribution in [-0.4, -0.2) is 23.6 Å². The Kier molecular flexibility index (Phi) is 4.07. The fraction of sp³-hybridized carbons (Fsp3) is 0.400. The summed E-state index contributed by atoms with van der Waals surface area (Å²) < 4.78 is 4.80. The van der Waals surface area contributed by atoms with Gasteiger partial charge in [0.25, 0.3) is 0 Å². The van der Waals surface area contributed by atoms with Crippen LogP contribution in [0, 0.1) is 0 Å². The monoisotopic (exact) mass is 194 g/mol. The summed E-state index contributed by atoms with van der Waals surface area (Å²) in [5, 5.41) is 0. The van der Waals surface area contributed by atoms with Gasteiger partial charge in [0.2, 0.25) is 0 Å². The molecule has 0 fully saturated rings. The number of hydrogen-bond acceptors (Lipinski definition) is 4. The van der Waals surface area contributed by atoms with Crippen LogP contribution < -0.4 is 5.73 Å². The maximum Gasteiger partial charge on any atom is 0.323 e. The molecule has 1 heterocycles. The van der Waals surface area contributed by atoms with Crippen molar-refractivity contribution in [1.82, 2.24) is 4.98 Å². The number of hydrogen-bond donors (Lipinski definition) is 1. The van der Waals surface area contributed by atoms with E-state index in [2.05, 4.69) is 4.98 Å². The van der Waals surface area contributed by atoms with E-state index in [1.807, 2.05) is 12.1 Å². The Bertz CT molecular complexity index is 287. The summed E-state index contributed by atoms with van der Waals surface area (Å²) in [6, 6.07) is 3.08. The number of pyridine rings is 1. The molecule has 76 valence electrons. The summed E-state index contributed by atoms with van der Waals surface area (Å²) in [5.41, 5.74) is 6.63. The molecule has 4 heteroatoms. The van der Waals surface area contributed by atoms with Crippen molar-refractivity contribution >= 4 is 5.97 Å². The number of aromatic nitrogens is 1. The van der Waals surface area contributed by atoms with Gasteiger partial charge in [-0.25, -0.2) is 0 Å². The molecule has 1 aromatic rings. The summed E-state index contributed by atoms with van der Waals surface area (Å²) in [5.74, 6) is -0.357. The molecule has 0 amide bonds. The highest BCUT2D eigenvalue weighted by Gasteiger charge is 2.14. The molecule has 0 unspecified atom stereocenters. The number of nitrogens with two attached hydrogens (primary N) is 1. The summed E-state index contributed by atoms with van der Waals surface area (Å²) in [7, 11) is 0. The normalized spacial score (nSPS) is 12.1. The highest BCUT2D eigenvalue weighted by molar-refractivity contribution is 5.75. The van der Waals surface area contributed by atoms with Gasteiger partial charge in [-0.15, -0.1) is 0 Å². The Hall–Kier alpha value is -1.42. The van der Waals surface area contributed by atoms with E-state index in [9.17, 15) is 4.79 Å². The lowest BCUT2D eigenvalue weighted by molar-refractivity contribution is -0.144. The average molecular weight is 194 g/mol. The molecular weight excluding hydrogens is 180 g/mol. The van der Waals surface area contributed by atoms with Crippen molar-refractivity contribution in [3.05, 3.63) is 30.1 Å². The topological polar surface area (TPSA) is 65.2 Å². The van der Waals surface area contributed by atoms with Crippen LogP contribution in [0.1, 0.15) is 12.5 Å². The van der Waals surface area contributed by atoms with E-state index in [4.69, 9.17) is 10.5 Å². The Balaban J connectivity index is 2.49. The van der Waals surface area contributed by atoms with Crippen molar-refractivity contribution in [3.63, 3.8) is 0 Å². The summed E-state index contributed by atoms with van der Waals surface area (Å²) in [6.45, 7) is 2.12. The second-order valence-electron chi connectivity index (χ2n) is 2.92. The minimum Gasteiger partial charge on any atom is -0.465 e. The van der Waals surface area contributed by atoms with Crippen LogP contribution in [0.25, 0.3) is 0 Å². The van der Waals surface area contributed by atoms with Crippen LogP contribution in [0.4, 0.5) is 0 Å². The van der Waals surface area contributed by atoms with Crippen LogP contribution in [0.15, 0.2) is 24.5 Å². The van der Waals surface area contributed by atoms with Gasteiger partial charge in [-0.05, 0) is 31.0 Å². The van der Waals surface area contributed by atoms with Gasteiger partial charge in [-0.3, -0.25) is 9.78 Å². The van der Waals surface area contributed by atoms with Gasteiger partial charge in [-0.2, -0.15) is 0 Å². The largest absolute Gasteiger partial charge is 0.465 e. The predicted molar refractivity (Wildman–Crippen MR) is 52.5 cm³/mol. The first-order valence-electron chi connectivity index (χ1n) is 4.55. The van der Waals surface area contributed by atoms with Crippen LogP contribution >= 0.6 is 0 Å². The van der Waals surface area contributed by atoms with E-state index in [0.717, 1.165) is 5.56 Å². The molecule has 0 spiro atoms. The zero-order chi connectivity index (χ0) is 10.4. The standard InChI is InChI=1S/C10H14N2O2/c1-2-14-10(13)9(11)7-8-3-5-12-6-4-8/h3-6,9H,2,7,11H2,1H3/t9-/m0/s1. The molecule has 0 aromatic carbocycles. The molecule has 0 bridgehead atoms. The molecule has 0 saturated carbocycles. The number of rotatable bonds is 4.